The molecule has 0 aliphatic heterocycles. The number of hydrogen-bond acceptors (Lipinski definition) is 1. The predicted molar refractivity (Wildman–Crippen MR) is 35.2 cm³/mol. The Morgan fingerprint density at radius 1 is 1.43 bits per heavy atom. The van der Waals surface area contributed by atoms with E-state index in [0.29, 0.717) is 0 Å². The number of aliphatic hydroxyl groups is 1. The van der Waals surface area contributed by atoms with Crippen LogP contribution in [0, 0.1) is 0 Å². The largest absolute Gasteiger partial charge is 2.00 e. The van der Waals surface area contributed by atoms with Crippen molar-refractivity contribution in [1.82, 2.24) is 0 Å². The molecule has 0 bridgehead atoms. The van der Waals surface area contributed by atoms with Gasteiger partial charge in [0.1, 0.15) is 0 Å². The SMILES string of the molecule is CCO.Cl.Cl.[H-].[H-].[Mg+2].[Ti]. The molecule has 0 rings (SSSR count). The van der Waals surface area contributed by atoms with Gasteiger partial charge in [0.25, 0.3) is 0 Å². The van der Waals surface area contributed by atoms with E-state index in [-0.39, 0.29) is 79.0 Å². The third-order valence-electron chi connectivity index (χ3n) is 0. The topological polar surface area (TPSA) is 20.2 Å². The van der Waals surface area contributed by atoms with Gasteiger partial charge >= 0.3 is 23.1 Å². The van der Waals surface area contributed by atoms with Crippen molar-refractivity contribution in [1.29, 1.82) is 0 Å². The molecule has 0 saturated carbocycles. The van der Waals surface area contributed by atoms with Gasteiger partial charge in [0.2, 0.25) is 0 Å². The van der Waals surface area contributed by atoms with Crippen LogP contribution < -0.4 is 0 Å². The van der Waals surface area contributed by atoms with Crippen molar-refractivity contribution in [3.05, 3.63) is 0 Å². The van der Waals surface area contributed by atoms with Gasteiger partial charge in [0.05, 0.1) is 0 Å². The molecule has 5 heteroatoms. The molecule has 7 heavy (non-hydrogen) atoms. The average molecular weight is 193 g/mol. The monoisotopic (exact) mass is 192 g/mol. The minimum absolute atomic E-state index is 0. The van der Waals surface area contributed by atoms with Crippen LogP contribution in [0.4, 0.5) is 0 Å². The molecular formula is C2H10Cl2MgOTi. The molecule has 1 nitrogen and oxygen atoms in total. The van der Waals surface area contributed by atoms with E-state index in [1.807, 2.05) is 0 Å². The minimum Gasteiger partial charge on any atom is -1.00 e. The van der Waals surface area contributed by atoms with Gasteiger partial charge in [-0.15, -0.1) is 24.8 Å². The van der Waals surface area contributed by atoms with Crippen LogP contribution >= 0.6 is 24.8 Å². The Bertz CT molecular complexity index is 22.5. The predicted octanol–water partition coefficient (Wildman–Crippen LogP) is 0.684. The van der Waals surface area contributed by atoms with Crippen molar-refractivity contribution >= 4 is 47.9 Å². The first-order chi connectivity index (χ1) is 1.41. The molecule has 0 aromatic carbocycles. The van der Waals surface area contributed by atoms with Gasteiger partial charge in [-0.1, -0.05) is 0 Å². The van der Waals surface area contributed by atoms with Crippen molar-refractivity contribution in [2.24, 2.45) is 0 Å². The maximum atomic E-state index is 7.57. The Balaban J connectivity index is -0.00000000133. The zero-order valence-corrected chi connectivity index (χ0v) is 8.79. The number of aliphatic hydroxyl groups excluding tert-OH is 1. The summed E-state index contributed by atoms with van der Waals surface area (Å²) in [6, 6.07) is 0. The Labute approximate surface area is 90.5 Å². The molecule has 44 valence electrons. The van der Waals surface area contributed by atoms with Gasteiger partial charge in [-0.2, -0.15) is 0 Å². The van der Waals surface area contributed by atoms with Crippen LogP contribution in [0.3, 0.4) is 0 Å². The molecule has 1 N–H and O–H groups in total. The van der Waals surface area contributed by atoms with E-state index in [0.717, 1.165) is 0 Å². The van der Waals surface area contributed by atoms with E-state index in [1.54, 1.807) is 6.92 Å². The molecule has 0 spiro atoms. The third-order valence-corrected chi connectivity index (χ3v) is 0. The average Bonchev–Trinajstić information content (AvgIpc) is 0.918. The van der Waals surface area contributed by atoms with Crippen LogP contribution in [-0.4, -0.2) is 34.8 Å². The number of rotatable bonds is 0. The second-order valence-electron chi connectivity index (χ2n) is 0.316. The molecule has 0 amide bonds. The molecule has 0 unspecified atom stereocenters. The zero-order chi connectivity index (χ0) is 2.71. The first kappa shape index (κ1) is 35.9. The quantitative estimate of drug-likeness (QED) is 0.561. The van der Waals surface area contributed by atoms with Crippen LogP contribution in [0.2, 0.25) is 0 Å². The van der Waals surface area contributed by atoms with Crippen molar-refractivity contribution in [3.8, 4) is 0 Å². The normalized spacial score (nSPS) is 2.57. The van der Waals surface area contributed by atoms with Gasteiger partial charge in [0.15, 0.2) is 0 Å². The third kappa shape index (κ3) is 71.2. The Kier molecular flexibility index (Phi) is 222. The van der Waals surface area contributed by atoms with Gasteiger partial charge in [0, 0.05) is 28.3 Å². The van der Waals surface area contributed by atoms with Gasteiger partial charge in [-0.3, -0.25) is 0 Å². The maximum absolute atomic E-state index is 7.57. The number of halogens is 2. The first-order valence-electron chi connectivity index (χ1n) is 1.02. The molecule has 0 heterocycles. The summed E-state index contributed by atoms with van der Waals surface area (Å²) in [6.07, 6.45) is 0. The van der Waals surface area contributed by atoms with E-state index in [1.165, 1.54) is 0 Å². The standard InChI is InChI=1S/C2H6O.2ClH.Mg.Ti.2H/c1-2-3;;;;;;/h3H,2H2,1H3;2*1H;;;;/q;;;+2;;2*-1. The Morgan fingerprint density at radius 3 is 1.43 bits per heavy atom. The first-order valence-corrected chi connectivity index (χ1v) is 1.02. The van der Waals surface area contributed by atoms with Gasteiger partial charge in [-0.05, 0) is 6.92 Å². The van der Waals surface area contributed by atoms with E-state index < -0.39 is 0 Å². The van der Waals surface area contributed by atoms with Crippen LogP contribution in [0.25, 0.3) is 0 Å². The Hall–Kier alpha value is 2.02. The Morgan fingerprint density at radius 2 is 1.43 bits per heavy atom. The van der Waals surface area contributed by atoms with Crippen LogP contribution in [0.15, 0.2) is 0 Å². The van der Waals surface area contributed by atoms with Crippen LogP contribution in [0.5, 0.6) is 0 Å². The molecular weight excluding hydrogens is 183 g/mol. The van der Waals surface area contributed by atoms with E-state index in [2.05, 4.69) is 0 Å². The number of hydrogen-bond donors (Lipinski definition) is 1. The molecule has 0 radical (unpaired) electrons. The van der Waals surface area contributed by atoms with Crippen molar-refractivity contribution in [2.75, 3.05) is 6.61 Å². The zero-order valence-electron chi connectivity index (χ0n) is 6.18. The molecule has 0 aromatic rings. The fourth-order valence-corrected chi connectivity index (χ4v) is 0. The van der Waals surface area contributed by atoms with Gasteiger partial charge < -0.3 is 7.96 Å². The molecule has 0 aliphatic carbocycles. The summed E-state index contributed by atoms with van der Waals surface area (Å²) < 4.78 is 0. The maximum Gasteiger partial charge on any atom is 2.00 e. The van der Waals surface area contributed by atoms with Crippen LogP contribution in [0.1, 0.15) is 9.78 Å². The van der Waals surface area contributed by atoms with Gasteiger partial charge in [-0.25, -0.2) is 0 Å². The summed E-state index contributed by atoms with van der Waals surface area (Å²) in [7, 11) is 0. The van der Waals surface area contributed by atoms with Crippen molar-refractivity contribution in [2.45, 2.75) is 6.92 Å². The molecule has 0 fully saturated rings. The summed E-state index contributed by atoms with van der Waals surface area (Å²) in [5.41, 5.74) is 0. The molecule has 0 aromatic heterocycles. The van der Waals surface area contributed by atoms with E-state index >= 15 is 0 Å². The second-order valence-corrected chi connectivity index (χ2v) is 0.316. The summed E-state index contributed by atoms with van der Waals surface area (Å²) >= 11 is 0. The van der Waals surface area contributed by atoms with Crippen LogP contribution in [-0.2, 0) is 21.7 Å². The summed E-state index contributed by atoms with van der Waals surface area (Å²) in [6.45, 7) is 1.93. The van der Waals surface area contributed by atoms with Crippen molar-refractivity contribution < 1.29 is 29.7 Å². The summed E-state index contributed by atoms with van der Waals surface area (Å²) in [5, 5.41) is 7.57. The second kappa shape index (κ2) is 43.3. The fourth-order valence-electron chi connectivity index (χ4n) is 0. The van der Waals surface area contributed by atoms with E-state index in [4.69, 9.17) is 5.11 Å². The fraction of sp³-hybridized carbons (Fsp3) is 1.00. The molecule has 0 saturated heterocycles. The minimum atomic E-state index is 0. The summed E-state index contributed by atoms with van der Waals surface area (Å²) in [5.74, 6) is 0. The van der Waals surface area contributed by atoms with E-state index in [9.17, 15) is 0 Å². The molecule has 0 atom stereocenters. The van der Waals surface area contributed by atoms with Crippen molar-refractivity contribution in [3.63, 3.8) is 0 Å². The smallest absolute Gasteiger partial charge is 1.00 e. The summed E-state index contributed by atoms with van der Waals surface area (Å²) in [4.78, 5) is 0. The molecule has 0 aliphatic rings.